The lowest BCUT2D eigenvalue weighted by Crippen LogP contribution is -2.25. The van der Waals surface area contributed by atoms with Crippen molar-refractivity contribution in [3.63, 3.8) is 0 Å². The molecule has 0 aromatic carbocycles. The van der Waals surface area contributed by atoms with Crippen LogP contribution in [0.1, 0.15) is 33.0 Å². The number of ether oxygens (including phenoxy) is 3. The van der Waals surface area contributed by atoms with Crippen LogP contribution in [0.25, 0.3) is 0 Å². The van der Waals surface area contributed by atoms with Gasteiger partial charge in [-0.1, -0.05) is 0 Å². The van der Waals surface area contributed by atoms with Crippen molar-refractivity contribution >= 4 is 5.82 Å². The van der Waals surface area contributed by atoms with Gasteiger partial charge in [0.25, 0.3) is 0 Å². The van der Waals surface area contributed by atoms with Crippen LogP contribution in [-0.2, 0) is 16.1 Å². The largest absolute Gasteiger partial charge is 0.477 e. The predicted octanol–water partition coefficient (Wildman–Crippen LogP) is 1.49. The summed E-state index contributed by atoms with van der Waals surface area (Å²) in [6.45, 7) is 7.34. The summed E-state index contributed by atoms with van der Waals surface area (Å²) in [4.78, 5) is 8.46. The van der Waals surface area contributed by atoms with Gasteiger partial charge in [0, 0.05) is 26.2 Å². The van der Waals surface area contributed by atoms with Gasteiger partial charge >= 0.3 is 0 Å². The Bertz CT molecular complexity index is 413. The third-order valence-electron chi connectivity index (χ3n) is 2.84. The molecule has 0 amide bonds. The zero-order valence-corrected chi connectivity index (χ0v) is 12.6. The lowest BCUT2D eigenvalue weighted by molar-refractivity contribution is 0.00502. The molecular formula is C13H24N4O3. The maximum Gasteiger partial charge on any atom is 0.218 e. The summed E-state index contributed by atoms with van der Waals surface area (Å²) in [5.41, 5.74) is 2.26. The fourth-order valence-electron chi connectivity index (χ4n) is 1.38. The van der Waals surface area contributed by atoms with Crippen LogP contribution in [0.3, 0.4) is 0 Å². The number of methoxy groups -OCH3 is 1. The molecule has 0 saturated carbocycles. The van der Waals surface area contributed by atoms with Crippen molar-refractivity contribution in [3.8, 4) is 5.88 Å². The van der Waals surface area contributed by atoms with Gasteiger partial charge in [-0.25, -0.2) is 10.8 Å². The molecule has 0 aliphatic heterocycles. The van der Waals surface area contributed by atoms with E-state index < -0.39 is 0 Å². The summed E-state index contributed by atoms with van der Waals surface area (Å²) < 4.78 is 16.2. The molecule has 0 atom stereocenters. The third kappa shape index (κ3) is 5.68. The number of nitrogens with two attached hydrogens (primary N) is 1. The Morgan fingerprint density at radius 2 is 2.10 bits per heavy atom. The van der Waals surface area contributed by atoms with Gasteiger partial charge < -0.3 is 19.6 Å². The molecule has 20 heavy (non-hydrogen) atoms. The Kier molecular flexibility index (Phi) is 6.63. The summed E-state index contributed by atoms with van der Waals surface area (Å²) in [6.07, 6.45) is 0.750. The number of nitrogens with zero attached hydrogens (tertiary/aromatic N) is 2. The van der Waals surface area contributed by atoms with E-state index >= 15 is 0 Å². The first-order valence-corrected chi connectivity index (χ1v) is 6.61. The van der Waals surface area contributed by atoms with Crippen LogP contribution in [0.15, 0.2) is 6.07 Å². The van der Waals surface area contributed by atoms with E-state index in [1.54, 1.807) is 13.2 Å². The minimum absolute atomic E-state index is 0.226. The molecule has 0 fully saturated rings. The second kappa shape index (κ2) is 7.98. The number of hydrogen-bond donors (Lipinski definition) is 2. The second-order valence-electron chi connectivity index (χ2n) is 4.85. The Labute approximate surface area is 119 Å². The van der Waals surface area contributed by atoms with Crippen molar-refractivity contribution in [2.45, 2.75) is 39.4 Å². The van der Waals surface area contributed by atoms with Gasteiger partial charge in [0.05, 0.1) is 12.2 Å². The highest BCUT2D eigenvalue weighted by atomic mass is 16.5. The van der Waals surface area contributed by atoms with Crippen LogP contribution in [0.4, 0.5) is 5.82 Å². The number of rotatable bonds is 9. The number of hydrazine groups is 1. The molecule has 1 aromatic rings. The van der Waals surface area contributed by atoms with Gasteiger partial charge in [0.15, 0.2) is 5.82 Å². The minimum Gasteiger partial charge on any atom is -0.477 e. The fourth-order valence-corrected chi connectivity index (χ4v) is 1.38. The molecule has 0 aliphatic rings. The highest BCUT2D eigenvalue weighted by molar-refractivity contribution is 5.36. The topological polar surface area (TPSA) is 91.5 Å². The van der Waals surface area contributed by atoms with E-state index in [4.69, 9.17) is 20.1 Å². The van der Waals surface area contributed by atoms with Crippen LogP contribution in [0.2, 0.25) is 0 Å². The van der Waals surface area contributed by atoms with Crippen LogP contribution in [0, 0.1) is 0 Å². The van der Waals surface area contributed by atoms with E-state index in [-0.39, 0.29) is 5.60 Å². The van der Waals surface area contributed by atoms with Crippen molar-refractivity contribution < 1.29 is 14.2 Å². The maximum atomic E-state index is 5.62. The van der Waals surface area contributed by atoms with E-state index in [2.05, 4.69) is 15.4 Å². The first-order chi connectivity index (χ1) is 9.50. The quantitative estimate of drug-likeness (QED) is 0.524. The average molecular weight is 284 g/mol. The second-order valence-corrected chi connectivity index (χ2v) is 4.85. The first kappa shape index (κ1) is 16.6. The van der Waals surface area contributed by atoms with Gasteiger partial charge in [0.1, 0.15) is 12.4 Å². The maximum absolute atomic E-state index is 5.62. The number of nitrogen functional groups attached to an aromatic ring is 1. The fraction of sp³-hybridized carbons (Fsp3) is 0.692. The van der Waals surface area contributed by atoms with Gasteiger partial charge in [-0.05, 0) is 20.8 Å². The Morgan fingerprint density at radius 1 is 1.35 bits per heavy atom. The van der Waals surface area contributed by atoms with Crippen LogP contribution in [0.5, 0.6) is 5.88 Å². The number of aromatic nitrogens is 2. The van der Waals surface area contributed by atoms with Crippen LogP contribution >= 0.6 is 0 Å². The summed E-state index contributed by atoms with van der Waals surface area (Å²) in [7, 11) is 1.68. The SMILES string of the molecule is CCOCc1nc(NN)cc(OCCC(C)(C)OC)n1. The lowest BCUT2D eigenvalue weighted by atomic mass is 10.1. The van der Waals surface area contributed by atoms with E-state index in [9.17, 15) is 0 Å². The molecule has 114 valence electrons. The molecule has 7 nitrogen and oxygen atoms in total. The summed E-state index contributed by atoms with van der Waals surface area (Å²) in [6, 6.07) is 1.65. The third-order valence-corrected chi connectivity index (χ3v) is 2.84. The van der Waals surface area contributed by atoms with E-state index in [1.807, 2.05) is 20.8 Å². The molecule has 0 aliphatic carbocycles. The minimum atomic E-state index is -0.226. The van der Waals surface area contributed by atoms with E-state index in [1.165, 1.54) is 0 Å². The van der Waals surface area contributed by atoms with Crippen molar-refractivity contribution in [2.24, 2.45) is 5.84 Å². The molecule has 0 spiro atoms. The van der Waals surface area contributed by atoms with E-state index in [0.29, 0.717) is 37.3 Å². The highest BCUT2D eigenvalue weighted by Gasteiger charge is 2.16. The van der Waals surface area contributed by atoms with Crippen LogP contribution in [-0.4, -0.2) is 35.9 Å². The Balaban J connectivity index is 2.64. The summed E-state index contributed by atoms with van der Waals surface area (Å²) in [5.74, 6) is 6.87. The molecule has 1 aromatic heterocycles. The molecule has 3 N–H and O–H groups in total. The summed E-state index contributed by atoms with van der Waals surface area (Å²) >= 11 is 0. The van der Waals surface area contributed by atoms with E-state index in [0.717, 1.165) is 6.42 Å². The van der Waals surface area contributed by atoms with Gasteiger partial charge in [-0.3, -0.25) is 0 Å². The molecule has 1 rings (SSSR count). The average Bonchev–Trinajstić information content (AvgIpc) is 2.44. The van der Waals surface area contributed by atoms with Gasteiger partial charge in [-0.2, -0.15) is 4.98 Å². The Hall–Kier alpha value is -1.44. The number of anilines is 1. The zero-order chi connectivity index (χ0) is 15.0. The highest BCUT2D eigenvalue weighted by Crippen LogP contribution is 2.16. The van der Waals surface area contributed by atoms with Crippen molar-refractivity contribution in [3.05, 3.63) is 11.9 Å². The monoisotopic (exact) mass is 284 g/mol. The van der Waals surface area contributed by atoms with Crippen molar-refractivity contribution in [1.82, 2.24) is 9.97 Å². The molecule has 0 unspecified atom stereocenters. The molecule has 0 saturated heterocycles. The molecular weight excluding hydrogens is 260 g/mol. The standard InChI is InChI=1S/C13H24N4O3/c1-5-19-9-11-15-10(17-14)8-12(16-11)20-7-6-13(2,3)18-4/h8H,5-7,9,14H2,1-4H3,(H,15,16,17). The van der Waals surface area contributed by atoms with Gasteiger partial charge in [-0.15, -0.1) is 0 Å². The lowest BCUT2D eigenvalue weighted by Gasteiger charge is -2.22. The Morgan fingerprint density at radius 3 is 2.70 bits per heavy atom. The van der Waals surface area contributed by atoms with Crippen LogP contribution < -0.4 is 16.0 Å². The molecule has 0 radical (unpaired) electrons. The smallest absolute Gasteiger partial charge is 0.218 e. The number of hydrogen-bond acceptors (Lipinski definition) is 7. The van der Waals surface area contributed by atoms with Crippen molar-refractivity contribution in [2.75, 3.05) is 25.7 Å². The van der Waals surface area contributed by atoms with Gasteiger partial charge in [0.2, 0.25) is 5.88 Å². The first-order valence-electron chi connectivity index (χ1n) is 6.61. The summed E-state index contributed by atoms with van der Waals surface area (Å²) in [5, 5.41) is 0. The molecule has 1 heterocycles. The zero-order valence-electron chi connectivity index (χ0n) is 12.6. The predicted molar refractivity (Wildman–Crippen MR) is 76.4 cm³/mol. The number of nitrogens with one attached hydrogen (secondary N) is 1. The molecule has 0 bridgehead atoms. The molecule has 7 heteroatoms. The normalized spacial score (nSPS) is 11.4. The van der Waals surface area contributed by atoms with Crippen molar-refractivity contribution in [1.29, 1.82) is 0 Å².